The van der Waals surface area contributed by atoms with Gasteiger partial charge in [0.05, 0.1) is 11.0 Å². The van der Waals surface area contributed by atoms with Crippen LogP contribution in [0.3, 0.4) is 0 Å². The number of amides is 1. The van der Waals surface area contributed by atoms with E-state index in [4.69, 9.17) is 5.73 Å². The molecular formula is C8H14N2O3S2. The predicted octanol–water partition coefficient (Wildman–Crippen LogP) is 0.00170. The molecule has 0 aliphatic carbocycles. The summed E-state index contributed by atoms with van der Waals surface area (Å²) in [6.45, 7) is 4.41. The summed E-state index contributed by atoms with van der Waals surface area (Å²) in [6.07, 6.45) is 0.219. The summed E-state index contributed by atoms with van der Waals surface area (Å²) in [5.41, 5.74) is 5.31. The Hall–Kier alpha value is -0.690. The van der Waals surface area contributed by atoms with Crippen LogP contribution in [0.1, 0.15) is 27.2 Å². The molecular weight excluding hydrogens is 236 g/mol. The van der Waals surface area contributed by atoms with Gasteiger partial charge in [0.15, 0.2) is 4.75 Å². The topological polar surface area (TPSA) is 80.5 Å². The van der Waals surface area contributed by atoms with Crippen molar-refractivity contribution in [2.75, 3.05) is 0 Å². The van der Waals surface area contributed by atoms with Crippen molar-refractivity contribution in [1.82, 2.24) is 4.31 Å². The predicted molar refractivity (Wildman–Crippen MR) is 60.7 cm³/mol. The molecule has 7 heteroatoms. The molecule has 0 aromatic heterocycles. The second-order valence-electron chi connectivity index (χ2n) is 4.14. The van der Waals surface area contributed by atoms with Crippen LogP contribution in [0.2, 0.25) is 0 Å². The molecule has 0 aromatic rings. The summed E-state index contributed by atoms with van der Waals surface area (Å²) in [5.74, 6) is -0.397. The van der Waals surface area contributed by atoms with Gasteiger partial charge in [-0.1, -0.05) is 12.2 Å². The molecule has 1 rings (SSSR count). The van der Waals surface area contributed by atoms with E-state index >= 15 is 0 Å². The van der Waals surface area contributed by atoms with E-state index in [0.29, 0.717) is 0 Å². The van der Waals surface area contributed by atoms with Gasteiger partial charge in [0.25, 0.3) is 15.9 Å². The van der Waals surface area contributed by atoms with E-state index in [-0.39, 0.29) is 11.4 Å². The highest BCUT2D eigenvalue weighted by Crippen LogP contribution is 2.37. The van der Waals surface area contributed by atoms with E-state index in [0.717, 1.165) is 4.31 Å². The number of hydrogen-bond acceptors (Lipinski definition) is 4. The molecule has 1 atom stereocenters. The molecule has 0 spiro atoms. The van der Waals surface area contributed by atoms with Gasteiger partial charge in [-0.3, -0.25) is 4.79 Å². The Balaban J connectivity index is 2.93. The van der Waals surface area contributed by atoms with Gasteiger partial charge in [-0.05, 0) is 20.8 Å². The number of sulfonamides is 1. The molecule has 5 nitrogen and oxygen atoms in total. The number of nitrogens with zero attached hydrogens (tertiary/aromatic N) is 1. The molecule has 1 aliphatic rings. The highest BCUT2D eigenvalue weighted by Gasteiger charge is 2.61. The minimum atomic E-state index is -3.53. The van der Waals surface area contributed by atoms with Crippen LogP contribution < -0.4 is 5.73 Å². The zero-order valence-electron chi connectivity index (χ0n) is 8.85. The van der Waals surface area contributed by atoms with E-state index in [1.165, 1.54) is 13.8 Å². The Morgan fingerprint density at radius 2 is 2.07 bits per heavy atom. The fraction of sp³-hybridized carbons (Fsp3) is 0.750. The highest BCUT2D eigenvalue weighted by atomic mass is 32.2. The standard InChI is InChI=1S/C8H14N2O3S2/c1-5(4-6(9)14)10-7(11)8(2,3)15(10,12)13/h5H,4H2,1-3H3,(H2,9,14). The van der Waals surface area contributed by atoms with Crippen molar-refractivity contribution in [2.45, 2.75) is 38.0 Å². The first-order valence-corrected chi connectivity index (χ1v) is 6.34. The fourth-order valence-corrected chi connectivity index (χ4v) is 3.42. The molecule has 86 valence electrons. The van der Waals surface area contributed by atoms with Crippen molar-refractivity contribution in [2.24, 2.45) is 5.73 Å². The van der Waals surface area contributed by atoms with Gasteiger partial charge in [-0.15, -0.1) is 0 Å². The van der Waals surface area contributed by atoms with Crippen LogP contribution >= 0.6 is 12.2 Å². The van der Waals surface area contributed by atoms with Crippen LogP contribution in [0.4, 0.5) is 0 Å². The lowest BCUT2D eigenvalue weighted by molar-refractivity contribution is -0.133. The summed E-state index contributed by atoms with van der Waals surface area (Å²) in [4.78, 5) is 11.8. The Morgan fingerprint density at radius 3 is 2.40 bits per heavy atom. The summed E-state index contributed by atoms with van der Waals surface area (Å²) >= 11 is 4.68. The quantitative estimate of drug-likeness (QED) is 0.713. The van der Waals surface area contributed by atoms with Gasteiger partial charge in [-0.25, -0.2) is 12.7 Å². The number of carbonyl (C=O) groups excluding carboxylic acids is 1. The van der Waals surface area contributed by atoms with Crippen molar-refractivity contribution in [3.05, 3.63) is 0 Å². The third-order valence-electron chi connectivity index (χ3n) is 2.52. The average Bonchev–Trinajstić information content (AvgIpc) is 2.01. The molecule has 1 fully saturated rings. The lowest BCUT2D eigenvalue weighted by atomic mass is 10.1. The normalized spacial score (nSPS) is 24.5. The number of nitrogens with two attached hydrogens (primary N) is 1. The lowest BCUT2D eigenvalue weighted by Gasteiger charge is -2.46. The van der Waals surface area contributed by atoms with Gasteiger partial charge in [-0.2, -0.15) is 0 Å². The maximum atomic E-state index is 11.7. The Kier molecular flexibility index (Phi) is 2.82. The van der Waals surface area contributed by atoms with Crippen LogP contribution in [0, 0.1) is 0 Å². The molecule has 15 heavy (non-hydrogen) atoms. The zero-order valence-corrected chi connectivity index (χ0v) is 10.5. The second-order valence-corrected chi connectivity index (χ2v) is 7.02. The van der Waals surface area contributed by atoms with Gasteiger partial charge in [0, 0.05) is 6.42 Å². The van der Waals surface area contributed by atoms with E-state index in [9.17, 15) is 13.2 Å². The molecule has 1 unspecified atom stereocenters. The lowest BCUT2D eigenvalue weighted by Crippen LogP contribution is -2.69. The first-order valence-electron chi connectivity index (χ1n) is 4.49. The van der Waals surface area contributed by atoms with Crippen LogP contribution in [-0.2, 0) is 14.8 Å². The van der Waals surface area contributed by atoms with Gasteiger partial charge >= 0.3 is 0 Å². The summed E-state index contributed by atoms with van der Waals surface area (Å²) in [7, 11) is -3.53. The van der Waals surface area contributed by atoms with Crippen LogP contribution in [0.15, 0.2) is 0 Å². The SMILES string of the molecule is CC(CC(N)=S)N1C(=O)C(C)(C)S1(=O)=O. The van der Waals surface area contributed by atoms with Gasteiger partial charge in [0.1, 0.15) is 0 Å². The molecule has 0 bridgehead atoms. The van der Waals surface area contributed by atoms with Crippen molar-refractivity contribution in [3.63, 3.8) is 0 Å². The number of hydrogen-bond donors (Lipinski definition) is 1. The minimum Gasteiger partial charge on any atom is -0.393 e. The Labute approximate surface area is 94.7 Å². The summed E-state index contributed by atoms with van der Waals surface area (Å²) in [5, 5.41) is 0. The van der Waals surface area contributed by atoms with Gasteiger partial charge < -0.3 is 5.73 Å². The van der Waals surface area contributed by atoms with E-state index in [2.05, 4.69) is 12.2 Å². The largest absolute Gasteiger partial charge is 0.393 e. The Bertz CT molecular complexity index is 414. The molecule has 0 aromatic carbocycles. The maximum Gasteiger partial charge on any atom is 0.259 e. The van der Waals surface area contributed by atoms with Crippen molar-refractivity contribution >= 4 is 33.1 Å². The van der Waals surface area contributed by atoms with Crippen molar-refractivity contribution in [3.8, 4) is 0 Å². The number of rotatable bonds is 3. The number of carbonyl (C=O) groups is 1. The van der Waals surface area contributed by atoms with Gasteiger partial charge in [0.2, 0.25) is 0 Å². The molecule has 0 radical (unpaired) electrons. The first-order chi connectivity index (χ1) is 6.62. The smallest absolute Gasteiger partial charge is 0.259 e. The third kappa shape index (κ3) is 1.63. The van der Waals surface area contributed by atoms with E-state index in [1.54, 1.807) is 6.92 Å². The van der Waals surface area contributed by atoms with Crippen LogP contribution in [-0.4, -0.2) is 34.4 Å². The summed E-state index contributed by atoms with van der Waals surface area (Å²) in [6, 6.07) is -0.493. The summed E-state index contributed by atoms with van der Waals surface area (Å²) < 4.78 is 23.0. The van der Waals surface area contributed by atoms with E-state index < -0.39 is 26.7 Å². The highest BCUT2D eigenvalue weighted by molar-refractivity contribution is 7.94. The van der Waals surface area contributed by atoms with Crippen molar-refractivity contribution in [1.29, 1.82) is 0 Å². The van der Waals surface area contributed by atoms with E-state index in [1.807, 2.05) is 0 Å². The third-order valence-corrected chi connectivity index (χ3v) is 5.19. The molecule has 0 saturated carbocycles. The number of thiocarbonyl (C=S) groups is 1. The first kappa shape index (κ1) is 12.4. The Morgan fingerprint density at radius 1 is 1.60 bits per heavy atom. The molecule has 1 heterocycles. The molecule has 2 N–H and O–H groups in total. The minimum absolute atomic E-state index is 0.204. The molecule has 1 amide bonds. The van der Waals surface area contributed by atoms with Crippen LogP contribution in [0.5, 0.6) is 0 Å². The zero-order chi connectivity index (χ0) is 12.0. The second kappa shape index (κ2) is 3.41. The maximum absolute atomic E-state index is 11.7. The molecule has 1 saturated heterocycles. The molecule has 1 aliphatic heterocycles. The monoisotopic (exact) mass is 250 g/mol. The average molecular weight is 250 g/mol. The fourth-order valence-electron chi connectivity index (χ4n) is 1.50. The van der Waals surface area contributed by atoms with Crippen LogP contribution in [0.25, 0.3) is 0 Å². The van der Waals surface area contributed by atoms with Crippen molar-refractivity contribution < 1.29 is 13.2 Å².